The van der Waals surface area contributed by atoms with Crippen LogP contribution in [0.4, 0.5) is 13.2 Å². The van der Waals surface area contributed by atoms with E-state index in [0.29, 0.717) is 26.1 Å². The maximum atomic E-state index is 12.2. The molecule has 0 bridgehead atoms. The van der Waals surface area contributed by atoms with Gasteiger partial charge in [-0.15, -0.1) is 13.2 Å². The monoisotopic (exact) mass is 291 g/mol. The number of phenolic OH excluding ortho intramolecular Hbond substituents is 1. The average Bonchev–Trinajstić information content (AvgIpc) is 2.40. The lowest BCUT2D eigenvalue weighted by Crippen LogP contribution is -2.27. The first-order valence-electron chi connectivity index (χ1n) is 6.29. The van der Waals surface area contributed by atoms with Crippen LogP contribution >= 0.6 is 0 Å². The van der Waals surface area contributed by atoms with E-state index in [-0.39, 0.29) is 23.0 Å². The third-order valence-electron chi connectivity index (χ3n) is 3.37. The van der Waals surface area contributed by atoms with Crippen LogP contribution in [0.2, 0.25) is 0 Å². The van der Waals surface area contributed by atoms with Crippen LogP contribution < -0.4 is 10.5 Å². The molecule has 0 amide bonds. The minimum absolute atomic E-state index is 0.0655. The highest BCUT2D eigenvalue weighted by Crippen LogP contribution is 2.36. The molecule has 0 unspecified atom stereocenters. The van der Waals surface area contributed by atoms with Crippen LogP contribution in [-0.4, -0.2) is 24.7 Å². The molecule has 1 aliphatic heterocycles. The van der Waals surface area contributed by atoms with E-state index in [1.807, 2.05) is 0 Å². The summed E-state index contributed by atoms with van der Waals surface area (Å²) in [5.74, 6) is -0.442. The topological polar surface area (TPSA) is 64.7 Å². The van der Waals surface area contributed by atoms with Crippen molar-refractivity contribution >= 4 is 0 Å². The summed E-state index contributed by atoms with van der Waals surface area (Å²) >= 11 is 0. The number of nitrogens with two attached hydrogens (primary N) is 1. The molecule has 20 heavy (non-hydrogen) atoms. The van der Waals surface area contributed by atoms with E-state index in [4.69, 9.17) is 10.5 Å². The van der Waals surface area contributed by atoms with Gasteiger partial charge in [0.25, 0.3) is 0 Å². The highest BCUT2D eigenvalue weighted by Gasteiger charge is 2.32. The van der Waals surface area contributed by atoms with Crippen LogP contribution in [0.15, 0.2) is 18.2 Å². The van der Waals surface area contributed by atoms with Gasteiger partial charge in [0.05, 0.1) is 0 Å². The molecule has 1 saturated heterocycles. The highest BCUT2D eigenvalue weighted by atomic mass is 19.4. The van der Waals surface area contributed by atoms with E-state index in [9.17, 15) is 18.3 Å². The number of ether oxygens (including phenoxy) is 2. The molecule has 0 radical (unpaired) electrons. The van der Waals surface area contributed by atoms with Gasteiger partial charge in [0, 0.05) is 24.8 Å². The zero-order valence-electron chi connectivity index (χ0n) is 10.7. The fourth-order valence-electron chi connectivity index (χ4n) is 2.33. The molecule has 4 nitrogen and oxygen atoms in total. The van der Waals surface area contributed by atoms with Crippen LogP contribution in [0.1, 0.15) is 24.4 Å². The quantitative estimate of drug-likeness (QED) is 0.898. The van der Waals surface area contributed by atoms with E-state index in [1.54, 1.807) is 0 Å². The highest BCUT2D eigenvalue weighted by molar-refractivity contribution is 5.41. The van der Waals surface area contributed by atoms with Crippen LogP contribution in [0.25, 0.3) is 0 Å². The van der Waals surface area contributed by atoms with Crippen molar-refractivity contribution in [3.05, 3.63) is 23.8 Å². The molecule has 1 heterocycles. The van der Waals surface area contributed by atoms with Crippen LogP contribution in [0, 0.1) is 5.92 Å². The molecule has 1 fully saturated rings. The van der Waals surface area contributed by atoms with Crippen molar-refractivity contribution in [2.45, 2.75) is 25.2 Å². The number of halogens is 3. The molecule has 1 atom stereocenters. The first kappa shape index (κ1) is 14.9. The Balaban J connectivity index is 2.18. The summed E-state index contributed by atoms with van der Waals surface area (Å²) in [6.45, 7) is 1.13. The third kappa shape index (κ3) is 3.77. The van der Waals surface area contributed by atoms with Gasteiger partial charge in [-0.2, -0.15) is 0 Å². The summed E-state index contributed by atoms with van der Waals surface area (Å²) < 4.78 is 45.6. The third-order valence-corrected chi connectivity index (χ3v) is 3.37. The minimum atomic E-state index is -4.77. The van der Waals surface area contributed by atoms with E-state index in [2.05, 4.69) is 4.74 Å². The lowest BCUT2D eigenvalue weighted by Gasteiger charge is -2.28. The Morgan fingerprint density at radius 3 is 2.55 bits per heavy atom. The molecular weight excluding hydrogens is 275 g/mol. The fourth-order valence-corrected chi connectivity index (χ4v) is 2.33. The van der Waals surface area contributed by atoms with Gasteiger partial charge in [-0.25, -0.2) is 0 Å². The zero-order chi connectivity index (χ0) is 14.8. The van der Waals surface area contributed by atoms with Gasteiger partial charge in [-0.3, -0.25) is 0 Å². The Morgan fingerprint density at radius 2 is 1.95 bits per heavy atom. The standard InChI is InChI=1S/C13H16F3NO3/c14-13(15,16)20-9-1-2-11(18)10(7-9)12(17)8-3-5-19-6-4-8/h1-2,7-8,12,18H,3-6,17H2/t12-/m1/s1. The summed E-state index contributed by atoms with van der Waals surface area (Å²) in [5.41, 5.74) is 6.31. The van der Waals surface area contributed by atoms with Crippen molar-refractivity contribution < 1.29 is 27.8 Å². The van der Waals surface area contributed by atoms with Gasteiger partial charge in [0.2, 0.25) is 0 Å². The van der Waals surface area contributed by atoms with Crippen molar-refractivity contribution in [2.24, 2.45) is 11.7 Å². The van der Waals surface area contributed by atoms with Gasteiger partial charge in [-0.1, -0.05) is 0 Å². The number of rotatable bonds is 3. The summed E-state index contributed by atoms with van der Waals surface area (Å²) in [4.78, 5) is 0. The molecule has 0 aromatic heterocycles. The Labute approximate surface area is 114 Å². The predicted octanol–water partition coefficient (Wildman–Crippen LogP) is 2.72. The van der Waals surface area contributed by atoms with Crippen molar-refractivity contribution in [1.82, 2.24) is 0 Å². The summed E-state index contributed by atoms with van der Waals surface area (Å²) in [7, 11) is 0. The van der Waals surface area contributed by atoms with Crippen molar-refractivity contribution in [1.29, 1.82) is 0 Å². The Bertz CT molecular complexity index is 459. The normalized spacial score (nSPS) is 18.8. The fraction of sp³-hybridized carbons (Fsp3) is 0.538. The van der Waals surface area contributed by atoms with Crippen LogP contribution in [-0.2, 0) is 4.74 Å². The number of phenols is 1. The molecule has 0 aliphatic carbocycles. The molecule has 1 aliphatic rings. The molecule has 2 rings (SSSR count). The number of aromatic hydroxyl groups is 1. The van der Waals surface area contributed by atoms with E-state index < -0.39 is 12.4 Å². The summed E-state index contributed by atoms with van der Waals surface area (Å²) in [6.07, 6.45) is -3.34. The molecular formula is C13H16F3NO3. The lowest BCUT2D eigenvalue weighted by molar-refractivity contribution is -0.274. The van der Waals surface area contributed by atoms with Gasteiger partial charge in [-0.05, 0) is 37.0 Å². The van der Waals surface area contributed by atoms with Gasteiger partial charge in [0.15, 0.2) is 0 Å². The lowest BCUT2D eigenvalue weighted by atomic mass is 9.87. The summed E-state index contributed by atoms with van der Waals surface area (Å²) in [6, 6.07) is 2.82. The van der Waals surface area contributed by atoms with Gasteiger partial charge in [0.1, 0.15) is 11.5 Å². The molecule has 1 aromatic carbocycles. The largest absolute Gasteiger partial charge is 0.573 e. The summed E-state index contributed by atoms with van der Waals surface area (Å²) in [5, 5.41) is 9.79. The maximum absolute atomic E-state index is 12.2. The number of benzene rings is 1. The zero-order valence-corrected chi connectivity index (χ0v) is 10.7. The van der Waals surface area contributed by atoms with Crippen molar-refractivity contribution in [2.75, 3.05) is 13.2 Å². The van der Waals surface area contributed by atoms with E-state index >= 15 is 0 Å². The van der Waals surface area contributed by atoms with E-state index in [0.717, 1.165) is 18.2 Å². The number of hydrogen-bond acceptors (Lipinski definition) is 4. The molecule has 7 heteroatoms. The Morgan fingerprint density at radius 1 is 1.30 bits per heavy atom. The second kappa shape index (κ2) is 5.88. The first-order chi connectivity index (χ1) is 9.37. The smallest absolute Gasteiger partial charge is 0.508 e. The van der Waals surface area contributed by atoms with Crippen molar-refractivity contribution in [3.8, 4) is 11.5 Å². The second-order valence-electron chi connectivity index (χ2n) is 4.74. The van der Waals surface area contributed by atoms with Gasteiger partial charge < -0.3 is 20.3 Å². The van der Waals surface area contributed by atoms with Gasteiger partial charge >= 0.3 is 6.36 Å². The first-order valence-corrected chi connectivity index (χ1v) is 6.29. The predicted molar refractivity (Wildman–Crippen MR) is 65.3 cm³/mol. The second-order valence-corrected chi connectivity index (χ2v) is 4.74. The SMILES string of the molecule is N[C@@H](c1cc(OC(F)(F)F)ccc1O)C1CCOCC1. The molecule has 112 valence electrons. The number of hydrogen-bond donors (Lipinski definition) is 2. The molecule has 0 saturated carbocycles. The Kier molecular flexibility index (Phi) is 4.39. The Hall–Kier alpha value is -1.47. The van der Waals surface area contributed by atoms with Crippen molar-refractivity contribution in [3.63, 3.8) is 0 Å². The average molecular weight is 291 g/mol. The van der Waals surface area contributed by atoms with Crippen LogP contribution in [0.5, 0.6) is 11.5 Å². The van der Waals surface area contributed by atoms with Crippen LogP contribution in [0.3, 0.4) is 0 Å². The molecule has 1 aromatic rings. The minimum Gasteiger partial charge on any atom is -0.508 e. The number of alkyl halides is 3. The maximum Gasteiger partial charge on any atom is 0.573 e. The molecule has 0 spiro atoms. The molecule has 3 N–H and O–H groups in total. The van der Waals surface area contributed by atoms with E-state index in [1.165, 1.54) is 0 Å².